The molecule has 2 atom stereocenters. The van der Waals surface area contributed by atoms with E-state index in [2.05, 4.69) is 17.0 Å². The fraction of sp³-hybridized carbons (Fsp3) is 0.750. The van der Waals surface area contributed by atoms with Crippen LogP contribution in [-0.2, 0) is 13.5 Å². The van der Waals surface area contributed by atoms with Crippen molar-refractivity contribution in [2.45, 2.75) is 25.4 Å². The van der Waals surface area contributed by atoms with Crippen LogP contribution in [0.5, 0.6) is 0 Å². The summed E-state index contributed by atoms with van der Waals surface area (Å²) >= 11 is 8.26. The lowest BCUT2D eigenvalue weighted by molar-refractivity contribution is 0.234. The van der Waals surface area contributed by atoms with E-state index >= 15 is 0 Å². The molecule has 1 saturated heterocycles. The Morgan fingerprint density at radius 1 is 1.56 bits per heavy atom. The Morgan fingerprint density at radius 3 is 2.83 bits per heavy atom. The number of aromatic nitrogens is 2. The van der Waals surface area contributed by atoms with Gasteiger partial charge in [0, 0.05) is 43.6 Å². The Bertz CT molecular complexity index is 420. The van der Waals surface area contributed by atoms with Gasteiger partial charge in [0.05, 0.1) is 16.4 Å². The Balaban J connectivity index is 2.08. The smallest absolute Gasteiger partial charge is 0.0847 e. The van der Waals surface area contributed by atoms with Crippen molar-refractivity contribution in [1.29, 1.82) is 0 Å². The molecule has 2 rings (SSSR count). The monoisotopic (exact) mass is 288 g/mol. The highest BCUT2D eigenvalue weighted by Crippen LogP contribution is 2.23. The summed E-state index contributed by atoms with van der Waals surface area (Å²) in [6.07, 6.45) is 0.783. The van der Waals surface area contributed by atoms with Gasteiger partial charge in [-0.05, 0) is 14.0 Å². The molecule has 1 aromatic rings. The average molecular weight is 289 g/mol. The van der Waals surface area contributed by atoms with Gasteiger partial charge < -0.3 is 10.6 Å². The molecule has 102 valence electrons. The molecular formula is C12H21ClN4S. The first-order valence-corrected chi connectivity index (χ1v) is 7.75. The number of rotatable bonds is 3. The van der Waals surface area contributed by atoms with E-state index in [1.807, 2.05) is 30.4 Å². The third-order valence-electron chi connectivity index (χ3n) is 3.63. The Labute approximate surface area is 118 Å². The van der Waals surface area contributed by atoms with Gasteiger partial charge in [-0.15, -0.1) is 0 Å². The summed E-state index contributed by atoms with van der Waals surface area (Å²) in [7, 11) is 4.08. The number of nitrogens with two attached hydrogens (primary N) is 1. The lowest BCUT2D eigenvalue weighted by Crippen LogP contribution is -2.51. The van der Waals surface area contributed by atoms with Gasteiger partial charge in [0.2, 0.25) is 0 Å². The second-order valence-corrected chi connectivity index (χ2v) is 6.49. The van der Waals surface area contributed by atoms with Crippen molar-refractivity contribution < 1.29 is 0 Å². The largest absolute Gasteiger partial charge is 0.326 e. The van der Waals surface area contributed by atoms with Crippen molar-refractivity contribution in [3.05, 3.63) is 16.4 Å². The van der Waals surface area contributed by atoms with Crippen molar-refractivity contribution in [1.82, 2.24) is 14.7 Å². The molecule has 2 heterocycles. The topological polar surface area (TPSA) is 47.1 Å². The maximum atomic E-state index is 6.36. The first kappa shape index (κ1) is 14.2. The molecule has 4 nitrogen and oxygen atoms in total. The fourth-order valence-electron chi connectivity index (χ4n) is 2.42. The lowest BCUT2D eigenvalue weighted by atomic mass is 10.0. The Kier molecular flexibility index (Phi) is 4.59. The molecule has 0 bridgehead atoms. The molecule has 6 heteroatoms. The molecule has 2 unspecified atom stereocenters. The molecule has 1 aromatic heterocycles. The van der Waals surface area contributed by atoms with E-state index in [4.69, 9.17) is 17.3 Å². The van der Waals surface area contributed by atoms with Crippen LogP contribution in [0.15, 0.2) is 0 Å². The predicted molar refractivity (Wildman–Crippen MR) is 78.4 cm³/mol. The van der Waals surface area contributed by atoms with Gasteiger partial charge in [0.25, 0.3) is 0 Å². The van der Waals surface area contributed by atoms with Crippen LogP contribution in [0.4, 0.5) is 0 Å². The zero-order chi connectivity index (χ0) is 13.3. The normalized spacial score (nSPS) is 23.3. The summed E-state index contributed by atoms with van der Waals surface area (Å²) in [6, 6.07) is 0.533. The van der Waals surface area contributed by atoms with E-state index in [1.165, 1.54) is 5.75 Å². The summed E-state index contributed by atoms with van der Waals surface area (Å²) in [5.74, 6) is 2.30. The van der Waals surface area contributed by atoms with E-state index in [9.17, 15) is 0 Å². The molecule has 0 spiro atoms. The molecule has 18 heavy (non-hydrogen) atoms. The van der Waals surface area contributed by atoms with Crippen LogP contribution in [0, 0.1) is 6.92 Å². The van der Waals surface area contributed by atoms with Crippen molar-refractivity contribution in [2.75, 3.05) is 25.1 Å². The van der Waals surface area contributed by atoms with Crippen molar-refractivity contribution in [3.63, 3.8) is 0 Å². The molecule has 0 amide bonds. The van der Waals surface area contributed by atoms with E-state index in [-0.39, 0.29) is 6.04 Å². The number of likely N-dealkylation sites (N-methyl/N-ethyl adjacent to an activating group) is 1. The van der Waals surface area contributed by atoms with Crippen LogP contribution in [0.25, 0.3) is 0 Å². The zero-order valence-corrected chi connectivity index (χ0v) is 12.8. The standard InChI is InChI=1S/C12H21ClN4S/c1-8-12(13)10(17(3)15-8)6-9(14)11-7-18-5-4-16(11)2/h9,11H,4-7,14H2,1-3H3. The van der Waals surface area contributed by atoms with Crippen LogP contribution >= 0.6 is 23.4 Å². The fourth-order valence-corrected chi connectivity index (χ4v) is 3.98. The molecule has 0 radical (unpaired) electrons. The van der Waals surface area contributed by atoms with Gasteiger partial charge >= 0.3 is 0 Å². The summed E-state index contributed by atoms with van der Waals surface area (Å²) < 4.78 is 1.85. The summed E-state index contributed by atoms with van der Waals surface area (Å²) in [5.41, 5.74) is 8.29. The maximum Gasteiger partial charge on any atom is 0.0847 e. The summed E-state index contributed by atoms with van der Waals surface area (Å²) in [5, 5.41) is 5.10. The summed E-state index contributed by atoms with van der Waals surface area (Å²) in [4.78, 5) is 2.36. The zero-order valence-electron chi connectivity index (χ0n) is 11.2. The third kappa shape index (κ3) is 2.85. The second kappa shape index (κ2) is 5.82. The van der Waals surface area contributed by atoms with E-state index < -0.39 is 0 Å². The molecule has 1 aliphatic rings. The number of hydrogen-bond donors (Lipinski definition) is 1. The van der Waals surface area contributed by atoms with E-state index in [0.29, 0.717) is 6.04 Å². The Morgan fingerprint density at radius 2 is 2.28 bits per heavy atom. The number of hydrogen-bond acceptors (Lipinski definition) is 4. The van der Waals surface area contributed by atoms with Gasteiger partial charge in [-0.3, -0.25) is 4.68 Å². The highest BCUT2D eigenvalue weighted by molar-refractivity contribution is 7.99. The lowest BCUT2D eigenvalue weighted by Gasteiger charge is -2.36. The van der Waals surface area contributed by atoms with Gasteiger partial charge in [0.1, 0.15) is 0 Å². The number of thioether (sulfide) groups is 1. The minimum absolute atomic E-state index is 0.107. The average Bonchev–Trinajstić information content (AvgIpc) is 2.56. The molecule has 2 N–H and O–H groups in total. The maximum absolute atomic E-state index is 6.36. The molecular weight excluding hydrogens is 268 g/mol. The third-order valence-corrected chi connectivity index (χ3v) is 5.17. The number of nitrogens with zero attached hydrogens (tertiary/aromatic N) is 3. The molecule has 1 aliphatic heterocycles. The molecule has 0 aliphatic carbocycles. The van der Waals surface area contributed by atoms with Gasteiger partial charge in [-0.1, -0.05) is 11.6 Å². The molecule has 1 fully saturated rings. The minimum atomic E-state index is 0.107. The van der Waals surface area contributed by atoms with Gasteiger partial charge in [-0.25, -0.2) is 0 Å². The van der Waals surface area contributed by atoms with Gasteiger partial charge in [-0.2, -0.15) is 16.9 Å². The predicted octanol–water partition coefficient (Wildman–Crippen LogP) is 1.30. The first-order chi connectivity index (χ1) is 8.50. The number of halogens is 1. The van der Waals surface area contributed by atoms with Crippen LogP contribution in [0.1, 0.15) is 11.4 Å². The highest BCUT2D eigenvalue weighted by atomic mass is 35.5. The van der Waals surface area contributed by atoms with Crippen molar-refractivity contribution >= 4 is 23.4 Å². The van der Waals surface area contributed by atoms with Crippen molar-refractivity contribution in [3.8, 4) is 0 Å². The minimum Gasteiger partial charge on any atom is -0.326 e. The second-order valence-electron chi connectivity index (χ2n) is 4.96. The number of aryl methyl sites for hydroxylation is 2. The van der Waals surface area contributed by atoms with Crippen LogP contribution in [0.3, 0.4) is 0 Å². The summed E-state index contributed by atoms with van der Waals surface area (Å²) in [6.45, 7) is 3.04. The first-order valence-electron chi connectivity index (χ1n) is 6.22. The molecule has 0 saturated carbocycles. The van der Waals surface area contributed by atoms with E-state index in [0.717, 1.165) is 35.1 Å². The SMILES string of the molecule is Cc1nn(C)c(CC(N)C2CSCCN2C)c1Cl. The van der Waals surface area contributed by atoms with Crippen LogP contribution in [-0.4, -0.2) is 51.9 Å². The van der Waals surface area contributed by atoms with Gasteiger partial charge in [0.15, 0.2) is 0 Å². The quantitative estimate of drug-likeness (QED) is 0.911. The van der Waals surface area contributed by atoms with E-state index in [1.54, 1.807) is 0 Å². The van der Waals surface area contributed by atoms with Crippen molar-refractivity contribution in [2.24, 2.45) is 12.8 Å². The Hall–Kier alpha value is -0.230. The van der Waals surface area contributed by atoms with Crippen LogP contribution < -0.4 is 5.73 Å². The van der Waals surface area contributed by atoms with Crippen LogP contribution in [0.2, 0.25) is 5.02 Å². The highest BCUT2D eigenvalue weighted by Gasteiger charge is 2.27. The molecule has 0 aromatic carbocycles.